The normalized spacial score (nSPS) is 10.3. The predicted molar refractivity (Wildman–Crippen MR) is 81.1 cm³/mol. The van der Waals surface area contributed by atoms with Crippen LogP contribution >= 0.6 is 12.2 Å². The molecule has 0 aliphatic rings. The van der Waals surface area contributed by atoms with E-state index in [1.807, 2.05) is 6.92 Å². The number of carbonyl (C=O) groups is 2. The fourth-order valence-electron chi connectivity index (χ4n) is 1.42. The zero-order valence-corrected chi connectivity index (χ0v) is 13.7. The first-order valence-corrected chi connectivity index (χ1v) is 7.40. The van der Waals surface area contributed by atoms with E-state index in [0.29, 0.717) is 24.7 Å². The third-order valence-electron chi connectivity index (χ3n) is 2.38. The molecule has 0 bridgehead atoms. The molecule has 0 amide bonds. The highest BCUT2D eigenvalue weighted by Gasteiger charge is 2.13. The average Bonchev–Trinajstić information content (AvgIpc) is 2.40. The van der Waals surface area contributed by atoms with E-state index in [1.54, 1.807) is 0 Å². The van der Waals surface area contributed by atoms with E-state index in [0.717, 1.165) is 12.8 Å². The van der Waals surface area contributed by atoms with Crippen molar-refractivity contribution in [3.8, 4) is 0 Å². The molecule has 122 valence electrons. The Morgan fingerprint density at radius 1 is 1.00 bits per heavy atom. The number of rotatable bonds is 11. The molecule has 0 aliphatic heterocycles. The second kappa shape index (κ2) is 12.5. The minimum absolute atomic E-state index is 0.0694. The lowest BCUT2D eigenvalue weighted by atomic mass is 10.2. The summed E-state index contributed by atoms with van der Waals surface area (Å²) in [4.78, 5) is 21.6. The zero-order valence-electron chi connectivity index (χ0n) is 12.9. The molecule has 0 aromatic rings. The molecule has 21 heavy (non-hydrogen) atoms. The van der Waals surface area contributed by atoms with Crippen LogP contribution < -0.4 is 0 Å². The number of hydrogen-bond acceptors (Lipinski definition) is 7. The van der Waals surface area contributed by atoms with Crippen molar-refractivity contribution in [2.45, 2.75) is 46.1 Å². The second-order valence-electron chi connectivity index (χ2n) is 4.36. The number of carbonyl (C=O) groups excluding carboxylic acids is 2. The van der Waals surface area contributed by atoms with Gasteiger partial charge >= 0.3 is 11.9 Å². The van der Waals surface area contributed by atoms with Gasteiger partial charge in [0.25, 0.3) is 0 Å². The van der Waals surface area contributed by atoms with Crippen molar-refractivity contribution in [3.63, 3.8) is 0 Å². The van der Waals surface area contributed by atoms with Gasteiger partial charge in [0, 0.05) is 26.9 Å². The molecule has 0 fully saturated rings. The van der Waals surface area contributed by atoms with Crippen LogP contribution in [0, 0.1) is 0 Å². The fraction of sp³-hybridized carbons (Fsp3) is 0.786. The van der Waals surface area contributed by atoms with E-state index < -0.39 is 18.0 Å². The number of ether oxygens (including phenoxy) is 4. The van der Waals surface area contributed by atoms with Crippen LogP contribution in [0.1, 0.15) is 40.0 Å². The van der Waals surface area contributed by atoms with Crippen molar-refractivity contribution in [2.24, 2.45) is 0 Å². The molecule has 0 radical (unpaired) electrons. The van der Waals surface area contributed by atoms with Crippen LogP contribution in [0.25, 0.3) is 0 Å². The topological polar surface area (TPSA) is 71.1 Å². The minimum Gasteiger partial charge on any atom is -0.487 e. The van der Waals surface area contributed by atoms with Crippen molar-refractivity contribution >= 4 is 29.2 Å². The van der Waals surface area contributed by atoms with Gasteiger partial charge in [-0.3, -0.25) is 9.59 Å². The Hall–Kier alpha value is -1.21. The van der Waals surface area contributed by atoms with Crippen LogP contribution in [0.2, 0.25) is 0 Å². The molecule has 0 aromatic carbocycles. The van der Waals surface area contributed by atoms with Gasteiger partial charge in [-0.15, -0.1) is 0 Å². The smallest absolute Gasteiger partial charge is 0.302 e. The molecule has 0 unspecified atom stereocenters. The van der Waals surface area contributed by atoms with Crippen molar-refractivity contribution in [1.82, 2.24) is 0 Å². The largest absolute Gasteiger partial charge is 0.487 e. The van der Waals surface area contributed by atoms with Gasteiger partial charge in [-0.25, -0.2) is 0 Å². The summed E-state index contributed by atoms with van der Waals surface area (Å²) < 4.78 is 20.5. The average molecular weight is 320 g/mol. The molecule has 0 atom stereocenters. The molecule has 0 aliphatic carbocycles. The Balaban J connectivity index is 3.85. The number of esters is 2. The molecule has 0 heterocycles. The highest BCUT2D eigenvalue weighted by molar-refractivity contribution is 7.80. The predicted octanol–water partition coefficient (Wildman–Crippen LogP) is 2.03. The van der Waals surface area contributed by atoms with E-state index in [9.17, 15) is 9.59 Å². The van der Waals surface area contributed by atoms with Crippen LogP contribution in [0.5, 0.6) is 0 Å². The van der Waals surface area contributed by atoms with Crippen LogP contribution in [0.3, 0.4) is 0 Å². The highest BCUT2D eigenvalue weighted by atomic mass is 32.1. The molecule has 0 spiro atoms. The van der Waals surface area contributed by atoms with Crippen LogP contribution in [-0.2, 0) is 28.5 Å². The van der Waals surface area contributed by atoms with Gasteiger partial charge in [0.2, 0.25) is 0 Å². The molecule has 0 N–H and O–H groups in total. The van der Waals surface area contributed by atoms with Gasteiger partial charge < -0.3 is 18.9 Å². The summed E-state index contributed by atoms with van der Waals surface area (Å²) >= 11 is 5.02. The second-order valence-corrected chi connectivity index (χ2v) is 4.82. The van der Waals surface area contributed by atoms with Crippen LogP contribution in [0.15, 0.2) is 0 Å². The van der Waals surface area contributed by atoms with E-state index in [1.165, 1.54) is 13.8 Å². The Kier molecular flexibility index (Phi) is 11.8. The lowest BCUT2D eigenvalue weighted by Gasteiger charge is -2.17. The Morgan fingerprint density at radius 2 is 1.57 bits per heavy atom. The van der Waals surface area contributed by atoms with E-state index in [-0.39, 0.29) is 13.2 Å². The summed E-state index contributed by atoms with van der Waals surface area (Å²) in [5.74, 6) is -0.790. The van der Waals surface area contributed by atoms with Gasteiger partial charge in [0.15, 0.2) is 5.05 Å². The van der Waals surface area contributed by atoms with Gasteiger partial charge in [0.1, 0.15) is 19.3 Å². The maximum absolute atomic E-state index is 10.8. The molecule has 0 saturated heterocycles. The summed E-state index contributed by atoms with van der Waals surface area (Å²) in [6.07, 6.45) is 1.92. The molecule has 6 nitrogen and oxygen atoms in total. The molecular formula is C14H24O6S. The van der Waals surface area contributed by atoms with Gasteiger partial charge in [-0.2, -0.15) is 0 Å². The zero-order chi connectivity index (χ0) is 16.1. The van der Waals surface area contributed by atoms with Gasteiger partial charge in [-0.1, -0.05) is 0 Å². The molecule has 0 aromatic heterocycles. The lowest BCUT2D eigenvalue weighted by Crippen LogP contribution is -2.28. The summed E-state index contributed by atoms with van der Waals surface area (Å²) in [6, 6.07) is 0. The molecule has 0 saturated carbocycles. The third-order valence-corrected chi connectivity index (χ3v) is 2.70. The highest BCUT2D eigenvalue weighted by Crippen LogP contribution is 2.03. The molecule has 7 heteroatoms. The van der Waals surface area contributed by atoms with Crippen LogP contribution in [0.4, 0.5) is 0 Å². The SMILES string of the molecule is CCOC(=S)CCCCOC(COC(C)=O)COC(C)=O. The van der Waals surface area contributed by atoms with E-state index in [4.69, 9.17) is 31.2 Å². The molecule has 0 rings (SSSR count). The summed E-state index contributed by atoms with van der Waals surface area (Å²) in [6.45, 7) is 5.73. The number of unbranched alkanes of at least 4 members (excludes halogenated alkanes) is 1. The first kappa shape index (κ1) is 19.8. The summed E-state index contributed by atoms with van der Waals surface area (Å²) in [7, 11) is 0. The van der Waals surface area contributed by atoms with Crippen LogP contribution in [-0.4, -0.2) is 49.5 Å². The standard InChI is InChI=1S/C14H24O6S/c1-4-17-14(21)7-5-6-8-18-13(9-19-11(2)15)10-20-12(3)16/h13H,4-10H2,1-3H3. The van der Waals surface area contributed by atoms with Gasteiger partial charge in [0.05, 0.1) is 6.61 Å². The maximum atomic E-state index is 10.8. The Morgan fingerprint density at radius 3 is 2.05 bits per heavy atom. The van der Waals surface area contributed by atoms with Crippen molar-refractivity contribution in [1.29, 1.82) is 0 Å². The van der Waals surface area contributed by atoms with Crippen molar-refractivity contribution in [2.75, 3.05) is 26.4 Å². The maximum Gasteiger partial charge on any atom is 0.302 e. The summed E-state index contributed by atoms with van der Waals surface area (Å²) in [5.41, 5.74) is 0. The molecular weight excluding hydrogens is 296 g/mol. The van der Waals surface area contributed by atoms with Gasteiger partial charge in [-0.05, 0) is 32.0 Å². The van der Waals surface area contributed by atoms with E-state index >= 15 is 0 Å². The number of thiocarbonyl (C=S) groups is 1. The monoisotopic (exact) mass is 320 g/mol. The fourth-order valence-corrected chi connectivity index (χ4v) is 1.68. The Bertz CT molecular complexity index is 313. The summed E-state index contributed by atoms with van der Waals surface area (Å²) in [5, 5.41) is 0.605. The van der Waals surface area contributed by atoms with Crippen molar-refractivity contribution in [3.05, 3.63) is 0 Å². The Labute approximate surface area is 131 Å². The van der Waals surface area contributed by atoms with E-state index in [2.05, 4.69) is 0 Å². The first-order chi connectivity index (χ1) is 9.95. The lowest BCUT2D eigenvalue weighted by molar-refractivity contribution is -0.152. The van der Waals surface area contributed by atoms with Crippen molar-refractivity contribution < 1.29 is 28.5 Å². The third kappa shape index (κ3) is 13.5. The minimum atomic E-state index is -0.448. The quantitative estimate of drug-likeness (QED) is 0.328. The first-order valence-electron chi connectivity index (χ1n) is 6.99. The number of hydrogen-bond donors (Lipinski definition) is 0.